The topological polar surface area (TPSA) is 12.0 Å². The van der Waals surface area contributed by atoms with Crippen LogP contribution in [0.3, 0.4) is 0 Å². The lowest BCUT2D eigenvalue weighted by atomic mass is 9.76. The molecular formula is C19H22ClN. The molecule has 1 aliphatic rings. The highest BCUT2D eigenvalue weighted by Gasteiger charge is 2.29. The molecule has 2 aromatic rings. The molecule has 110 valence electrons. The molecule has 0 saturated carbocycles. The third-order valence-corrected chi connectivity index (χ3v) is 4.97. The van der Waals surface area contributed by atoms with Crippen molar-refractivity contribution in [2.24, 2.45) is 0 Å². The van der Waals surface area contributed by atoms with Crippen molar-refractivity contribution in [3.63, 3.8) is 0 Å². The van der Waals surface area contributed by atoms with Gasteiger partial charge in [-0.05, 0) is 55.5 Å². The predicted octanol–water partition coefficient (Wildman–Crippen LogP) is 4.82. The van der Waals surface area contributed by atoms with Gasteiger partial charge in [0.25, 0.3) is 0 Å². The van der Waals surface area contributed by atoms with Crippen LogP contribution in [0.2, 0.25) is 5.02 Å². The van der Waals surface area contributed by atoms with E-state index in [1.807, 2.05) is 12.1 Å². The Hall–Kier alpha value is -1.31. The van der Waals surface area contributed by atoms with Gasteiger partial charge >= 0.3 is 0 Å². The molecule has 0 aromatic heterocycles. The van der Waals surface area contributed by atoms with Crippen molar-refractivity contribution in [1.29, 1.82) is 0 Å². The van der Waals surface area contributed by atoms with Crippen molar-refractivity contribution in [3.05, 3.63) is 69.7 Å². The second-order valence-corrected chi connectivity index (χ2v) is 6.49. The molecule has 1 saturated heterocycles. The van der Waals surface area contributed by atoms with E-state index in [1.165, 1.54) is 28.7 Å². The van der Waals surface area contributed by atoms with E-state index in [0.717, 1.165) is 18.1 Å². The highest BCUT2D eigenvalue weighted by atomic mass is 35.5. The molecule has 0 spiro atoms. The summed E-state index contributed by atoms with van der Waals surface area (Å²) in [5.41, 5.74) is 5.50. The van der Waals surface area contributed by atoms with Crippen LogP contribution in [0.15, 0.2) is 42.5 Å². The fourth-order valence-corrected chi connectivity index (χ4v) is 3.77. The standard InChI is InChI=1S/C19H22ClN/c1-13-7-8-14(2)17(11-13)15-9-10-21-12-18(15)16-5-3-4-6-19(16)20/h3-8,11,15,18,21H,9-10,12H2,1-2H3. The summed E-state index contributed by atoms with van der Waals surface area (Å²) in [6.45, 7) is 6.48. The molecule has 1 aliphatic heterocycles. The van der Waals surface area contributed by atoms with Gasteiger partial charge < -0.3 is 5.32 Å². The number of nitrogens with one attached hydrogen (secondary N) is 1. The van der Waals surface area contributed by atoms with Crippen molar-refractivity contribution in [1.82, 2.24) is 5.32 Å². The summed E-state index contributed by atoms with van der Waals surface area (Å²) in [5, 5.41) is 4.43. The molecular weight excluding hydrogens is 278 g/mol. The first-order valence-corrected chi connectivity index (χ1v) is 8.07. The zero-order valence-electron chi connectivity index (χ0n) is 12.7. The Morgan fingerprint density at radius 2 is 1.81 bits per heavy atom. The first-order valence-electron chi connectivity index (χ1n) is 7.69. The lowest BCUT2D eigenvalue weighted by Gasteiger charge is -2.34. The summed E-state index contributed by atoms with van der Waals surface area (Å²) >= 11 is 6.45. The molecule has 2 atom stereocenters. The van der Waals surface area contributed by atoms with Crippen LogP contribution in [0.25, 0.3) is 0 Å². The molecule has 2 heteroatoms. The summed E-state index contributed by atoms with van der Waals surface area (Å²) in [6.07, 6.45) is 1.17. The van der Waals surface area contributed by atoms with Crippen LogP contribution in [-0.2, 0) is 0 Å². The van der Waals surface area contributed by atoms with E-state index in [0.29, 0.717) is 11.8 Å². The number of aryl methyl sites for hydroxylation is 2. The Morgan fingerprint density at radius 3 is 2.62 bits per heavy atom. The first kappa shape index (κ1) is 14.6. The van der Waals surface area contributed by atoms with Crippen LogP contribution in [0.5, 0.6) is 0 Å². The quantitative estimate of drug-likeness (QED) is 0.838. The van der Waals surface area contributed by atoms with Gasteiger partial charge in [-0.1, -0.05) is 53.6 Å². The molecule has 1 heterocycles. The minimum Gasteiger partial charge on any atom is -0.316 e. The van der Waals surface area contributed by atoms with Crippen LogP contribution in [0, 0.1) is 13.8 Å². The number of rotatable bonds is 2. The summed E-state index contributed by atoms with van der Waals surface area (Å²) in [4.78, 5) is 0. The maximum absolute atomic E-state index is 6.45. The fraction of sp³-hybridized carbons (Fsp3) is 0.368. The van der Waals surface area contributed by atoms with E-state index in [9.17, 15) is 0 Å². The molecule has 3 rings (SSSR count). The van der Waals surface area contributed by atoms with Gasteiger partial charge in [-0.3, -0.25) is 0 Å². The average molecular weight is 300 g/mol. The van der Waals surface area contributed by atoms with Crippen molar-refractivity contribution >= 4 is 11.6 Å². The fourth-order valence-electron chi connectivity index (χ4n) is 3.49. The number of halogens is 1. The first-order chi connectivity index (χ1) is 10.2. The van der Waals surface area contributed by atoms with Gasteiger partial charge in [0.2, 0.25) is 0 Å². The molecule has 2 aromatic carbocycles. The third-order valence-electron chi connectivity index (χ3n) is 4.62. The zero-order valence-corrected chi connectivity index (χ0v) is 13.5. The van der Waals surface area contributed by atoms with Crippen LogP contribution in [0.4, 0.5) is 0 Å². The van der Waals surface area contributed by atoms with E-state index >= 15 is 0 Å². The largest absolute Gasteiger partial charge is 0.316 e. The molecule has 0 amide bonds. The van der Waals surface area contributed by atoms with Crippen LogP contribution in [-0.4, -0.2) is 13.1 Å². The van der Waals surface area contributed by atoms with E-state index in [1.54, 1.807) is 0 Å². The van der Waals surface area contributed by atoms with Crippen LogP contribution < -0.4 is 5.32 Å². The minimum atomic E-state index is 0.452. The van der Waals surface area contributed by atoms with Crippen molar-refractivity contribution in [2.45, 2.75) is 32.1 Å². The van der Waals surface area contributed by atoms with E-state index in [2.05, 4.69) is 49.5 Å². The smallest absolute Gasteiger partial charge is 0.0441 e. The maximum Gasteiger partial charge on any atom is 0.0441 e. The van der Waals surface area contributed by atoms with Gasteiger partial charge in [0.1, 0.15) is 0 Å². The third kappa shape index (κ3) is 3.00. The number of hydrogen-bond donors (Lipinski definition) is 1. The Balaban J connectivity index is 2.02. The summed E-state index contributed by atoms with van der Waals surface area (Å²) in [6, 6.07) is 15.1. The summed E-state index contributed by atoms with van der Waals surface area (Å²) in [5.74, 6) is 0.999. The molecule has 1 N–H and O–H groups in total. The molecule has 0 radical (unpaired) electrons. The van der Waals surface area contributed by atoms with Gasteiger partial charge in [0.05, 0.1) is 0 Å². The van der Waals surface area contributed by atoms with Gasteiger partial charge in [0.15, 0.2) is 0 Å². The Kier molecular flexibility index (Phi) is 4.32. The number of piperidine rings is 1. The maximum atomic E-state index is 6.45. The summed E-state index contributed by atoms with van der Waals surface area (Å²) < 4.78 is 0. The monoisotopic (exact) mass is 299 g/mol. The second-order valence-electron chi connectivity index (χ2n) is 6.09. The highest BCUT2D eigenvalue weighted by Crippen LogP contribution is 2.41. The van der Waals surface area contributed by atoms with Gasteiger partial charge in [-0.25, -0.2) is 0 Å². The van der Waals surface area contributed by atoms with E-state index < -0.39 is 0 Å². The molecule has 1 fully saturated rings. The molecule has 2 unspecified atom stereocenters. The molecule has 0 bridgehead atoms. The van der Waals surface area contributed by atoms with Crippen molar-refractivity contribution in [2.75, 3.05) is 13.1 Å². The van der Waals surface area contributed by atoms with Crippen LogP contribution in [0.1, 0.15) is 40.5 Å². The SMILES string of the molecule is Cc1ccc(C)c(C2CCNCC2c2ccccc2Cl)c1. The minimum absolute atomic E-state index is 0.452. The molecule has 0 aliphatic carbocycles. The highest BCUT2D eigenvalue weighted by molar-refractivity contribution is 6.31. The Labute approximate surface area is 132 Å². The summed E-state index contributed by atoms with van der Waals surface area (Å²) in [7, 11) is 0. The normalized spacial score (nSPS) is 22.2. The Bertz CT molecular complexity index is 635. The molecule has 1 nitrogen and oxygen atoms in total. The Morgan fingerprint density at radius 1 is 1.00 bits per heavy atom. The van der Waals surface area contributed by atoms with Crippen molar-refractivity contribution < 1.29 is 0 Å². The van der Waals surface area contributed by atoms with Crippen molar-refractivity contribution in [3.8, 4) is 0 Å². The zero-order chi connectivity index (χ0) is 14.8. The van der Waals surface area contributed by atoms with Crippen LogP contribution >= 0.6 is 11.6 Å². The van der Waals surface area contributed by atoms with Gasteiger partial charge in [0, 0.05) is 17.5 Å². The van der Waals surface area contributed by atoms with E-state index in [-0.39, 0.29) is 0 Å². The molecule has 21 heavy (non-hydrogen) atoms. The lowest BCUT2D eigenvalue weighted by Crippen LogP contribution is -2.34. The lowest BCUT2D eigenvalue weighted by molar-refractivity contribution is 0.403. The average Bonchev–Trinajstić information content (AvgIpc) is 2.50. The number of benzene rings is 2. The van der Waals surface area contributed by atoms with E-state index in [4.69, 9.17) is 11.6 Å². The predicted molar refractivity (Wildman–Crippen MR) is 90.3 cm³/mol. The van der Waals surface area contributed by atoms with Gasteiger partial charge in [-0.2, -0.15) is 0 Å². The van der Waals surface area contributed by atoms with Gasteiger partial charge in [-0.15, -0.1) is 0 Å². The second kappa shape index (κ2) is 6.21. The number of hydrogen-bond acceptors (Lipinski definition) is 1.